The number of benzene rings is 1. The number of rotatable bonds is 7. The van der Waals surface area contributed by atoms with E-state index in [4.69, 9.17) is 0 Å². The van der Waals surface area contributed by atoms with Crippen LogP contribution in [0, 0.1) is 0 Å². The van der Waals surface area contributed by atoms with E-state index in [9.17, 15) is 19.8 Å². The van der Waals surface area contributed by atoms with Crippen molar-refractivity contribution in [1.82, 2.24) is 0 Å². The SMILES string of the molecule is CCCCCC(C(=O)[O-])(C(=O)[O-])c1ccccc1.[Li+].[Li+]. The Bertz CT molecular complexity index is 406. The summed E-state index contributed by atoms with van der Waals surface area (Å²) in [6.45, 7) is 1.96. The zero-order valence-electron chi connectivity index (χ0n) is 12.3. The van der Waals surface area contributed by atoms with Gasteiger partial charge in [-0.15, -0.1) is 0 Å². The Morgan fingerprint density at radius 3 is 1.90 bits per heavy atom. The number of hydrogen-bond donors (Lipinski definition) is 0. The monoisotopic (exact) mass is 262 g/mol. The molecule has 0 aliphatic heterocycles. The predicted octanol–water partition coefficient (Wildman–Crippen LogP) is -5.99. The quantitative estimate of drug-likeness (QED) is 0.278. The summed E-state index contributed by atoms with van der Waals surface area (Å²) in [7, 11) is 0. The first kappa shape index (κ1) is 21.6. The smallest absolute Gasteiger partial charge is 0.549 e. The Labute approximate surface area is 143 Å². The molecular formula is C14H16Li2O4. The van der Waals surface area contributed by atoms with Gasteiger partial charge in [-0.3, -0.25) is 0 Å². The minimum absolute atomic E-state index is 0. The fourth-order valence-electron chi connectivity index (χ4n) is 2.03. The van der Waals surface area contributed by atoms with Crippen LogP contribution in [0.3, 0.4) is 0 Å². The minimum atomic E-state index is -2.05. The van der Waals surface area contributed by atoms with E-state index in [1.807, 2.05) is 6.92 Å². The average Bonchev–Trinajstić information content (AvgIpc) is 2.35. The van der Waals surface area contributed by atoms with Crippen molar-refractivity contribution >= 4 is 11.9 Å². The van der Waals surface area contributed by atoms with Gasteiger partial charge in [0.2, 0.25) is 0 Å². The minimum Gasteiger partial charge on any atom is -0.549 e. The van der Waals surface area contributed by atoms with Crippen molar-refractivity contribution in [3.8, 4) is 0 Å². The molecule has 0 radical (unpaired) electrons. The molecule has 0 heterocycles. The Morgan fingerprint density at radius 1 is 1.00 bits per heavy atom. The summed E-state index contributed by atoms with van der Waals surface area (Å²) in [6.07, 6.45) is 2.16. The fourth-order valence-corrected chi connectivity index (χ4v) is 2.03. The second-order valence-electron chi connectivity index (χ2n) is 4.30. The third-order valence-electron chi connectivity index (χ3n) is 3.12. The van der Waals surface area contributed by atoms with E-state index in [2.05, 4.69) is 0 Å². The van der Waals surface area contributed by atoms with Crippen LogP contribution in [0.15, 0.2) is 30.3 Å². The van der Waals surface area contributed by atoms with Gasteiger partial charge in [-0.1, -0.05) is 56.5 Å². The summed E-state index contributed by atoms with van der Waals surface area (Å²) in [6, 6.07) is 7.88. The van der Waals surface area contributed by atoms with Gasteiger partial charge in [-0.25, -0.2) is 0 Å². The van der Waals surface area contributed by atoms with Crippen LogP contribution in [-0.4, -0.2) is 11.9 Å². The summed E-state index contributed by atoms with van der Waals surface area (Å²) in [5.74, 6) is -3.21. The third kappa shape index (κ3) is 4.72. The number of unbranched alkanes of at least 4 members (excludes halogenated alkanes) is 2. The van der Waals surface area contributed by atoms with Crippen LogP contribution in [0.25, 0.3) is 0 Å². The van der Waals surface area contributed by atoms with Crippen molar-refractivity contribution in [2.24, 2.45) is 0 Å². The van der Waals surface area contributed by atoms with Gasteiger partial charge in [0.25, 0.3) is 0 Å². The van der Waals surface area contributed by atoms with Crippen LogP contribution in [-0.2, 0) is 15.0 Å². The van der Waals surface area contributed by atoms with E-state index in [0.29, 0.717) is 6.42 Å². The number of carbonyl (C=O) groups excluding carboxylic acids is 2. The van der Waals surface area contributed by atoms with Gasteiger partial charge >= 0.3 is 37.7 Å². The molecule has 0 aliphatic rings. The molecule has 0 atom stereocenters. The summed E-state index contributed by atoms with van der Waals surface area (Å²) >= 11 is 0. The molecule has 1 aromatic rings. The predicted molar refractivity (Wildman–Crippen MR) is 62.3 cm³/mol. The van der Waals surface area contributed by atoms with Crippen LogP contribution in [0.2, 0.25) is 0 Å². The van der Waals surface area contributed by atoms with Gasteiger partial charge in [0, 0.05) is 0 Å². The van der Waals surface area contributed by atoms with Crippen LogP contribution >= 0.6 is 0 Å². The van der Waals surface area contributed by atoms with E-state index in [0.717, 1.165) is 12.8 Å². The van der Waals surface area contributed by atoms with E-state index in [-0.39, 0.29) is 49.7 Å². The number of aliphatic carboxylic acids is 2. The number of carbonyl (C=O) groups is 2. The second-order valence-corrected chi connectivity index (χ2v) is 4.30. The van der Waals surface area contributed by atoms with Crippen LogP contribution in [0.4, 0.5) is 0 Å². The maximum atomic E-state index is 11.3. The molecular weight excluding hydrogens is 246 g/mol. The Hall–Kier alpha value is -0.645. The molecule has 4 nitrogen and oxygen atoms in total. The second kappa shape index (κ2) is 10.1. The largest absolute Gasteiger partial charge is 1.00 e. The van der Waals surface area contributed by atoms with Crippen LogP contribution < -0.4 is 47.9 Å². The van der Waals surface area contributed by atoms with Crippen LogP contribution in [0.5, 0.6) is 0 Å². The van der Waals surface area contributed by atoms with Crippen molar-refractivity contribution in [1.29, 1.82) is 0 Å². The first-order valence-corrected chi connectivity index (χ1v) is 6.04. The van der Waals surface area contributed by atoms with Gasteiger partial charge in [-0.2, -0.15) is 0 Å². The summed E-state index contributed by atoms with van der Waals surface area (Å²) < 4.78 is 0. The number of carboxylic acids is 2. The van der Waals surface area contributed by atoms with Crippen LogP contribution in [0.1, 0.15) is 38.2 Å². The third-order valence-corrected chi connectivity index (χ3v) is 3.12. The molecule has 0 fully saturated rings. The molecule has 1 rings (SSSR count). The molecule has 0 spiro atoms. The van der Waals surface area contributed by atoms with E-state index in [1.54, 1.807) is 18.2 Å². The Morgan fingerprint density at radius 2 is 1.50 bits per heavy atom. The van der Waals surface area contributed by atoms with E-state index < -0.39 is 17.4 Å². The molecule has 0 N–H and O–H groups in total. The molecule has 0 unspecified atom stereocenters. The van der Waals surface area contributed by atoms with Crippen molar-refractivity contribution < 1.29 is 57.5 Å². The van der Waals surface area contributed by atoms with Gasteiger partial charge < -0.3 is 19.8 Å². The maximum absolute atomic E-state index is 11.3. The molecule has 6 heteroatoms. The maximum Gasteiger partial charge on any atom is 1.00 e. The van der Waals surface area contributed by atoms with Crippen molar-refractivity contribution in [2.45, 2.75) is 38.0 Å². The normalized spacial score (nSPS) is 10.1. The van der Waals surface area contributed by atoms with Gasteiger partial charge in [0.05, 0.1) is 17.4 Å². The molecule has 0 saturated heterocycles. The van der Waals surface area contributed by atoms with Crippen molar-refractivity contribution in [3.63, 3.8) is 0 Å². The zero-order chi connectivity index (χ0) is 13.6. The number of carboxylic acid groups (broad SMARTS) is 2. The first-order valence-electron chi connectivity index (χ1n) is 6.04. The van der Waals surface area contributed by atoms with Gasteiger partial charge in [0.15, 0.2) is 0 Å². The molecule has 0 aromatic heterocycles. The van der Waals surface area contributed by atoms with Gasteiger partial charge in [0.1, 0.15) is 0 Å². The van der Waals surface area contributed by atoms with Gasteiger partial charge in [-0.05, 0) is 12.0 Å². The Kier molecular flexibility index (Phi) is 11.0. The summed E-state index contributed by atoms with van der Waals surface area (Å²) in [5, 5.41) is 22.7. The zero-order valence-corrected chi connectivity index (χ0v) is 12.3. The summed E-state index contributed by atoms with van der Waals surface area (Å²) in [4.78, 5) is 22.7. The fraction of sp³-hybridized carbons (Fsp3) is 0.429. The standard InChI is InChI=1S/C14H18O4.2Li/c1-2-3-7-10-14(12(15)16,13(17)18)11-8-5-4-6-9-11;;/h4-6,8-9H,2-3,7,10H2,1H3,(H,15,16)(H,17,18);;/q;2*+1/p-2. The average molecular weight is 262 g/mol. The topological polar surface area (TPSA) is 80.3 Å². The Balaban J connectivity index is 0. The summed E-state index contributed by atoms with van der Waals surface area (Å²) in [5.41, 5.74) is -1.84. The molecule has 0 bridgehead atoms. The molecule has 0 saturated carbocycles. The van der Waals surface area contributed by atoms with E-state index in [1.165, 1.54) is 12.1 Å². The molecule has 0 amide bonds. The molecule has 20 heavy (non-hydrogen) atoms. The molecule has 0 aliphatic carbocycles. The van der Waals surface area contributed by atoms with E-state index >= 15 is 0 Å². The molecule has 98 valence electrons. The number of hydrogen-bond acceptors (Lipinski definition) is 4. The van der Waals surface area contributed by atoms with Crippen molar-refractivity contribution in [3.05, 3.63) is 35.9 Å². The first-order chi connectivity index (χ1) is 8.55. The molecule has 1 aromatic carbocycles. The van der Waals surface area contributed by atoms with Crippen molar-refractivity contribution in [2.75, 3.05) is 0 Å².